The Labute approximate surface area is 128 Å². The van der Waals surface area contributed by atoms with Gasteiger partial charge in [0.1, 0.15) is 0 Å². The van der Waals surface area contributed by atoms with Gasteiger partial charge >= 0.3 is 0 Å². The van der Waals surface area contributed by atoms with E-state index < -0.39 is 0 Å². The molecule has 0 aromatic carbocycles. The molecule has 1 aliphatic carbocycles. The van der Waals surface area contributed by atoms with Crippen molar-refractivity contribution in [2.24, 2.45) is 5.92 Å². The van der Waals surface area contributed by atoms with Crippen molar-refractivity contribution < 1.29 is 9.47 Å². The second-order valence-electron chi connectivity index (χ2n) is 5.60. The first-order chi connectivity index (χ1) is 10.3. The van der Waals surface area contributed by atoms with E-state index in [-0.39, 0.29) is 12.1 Å². The largest absolute Gasteiger partial charge is 0.493 e. The van der Waals surface area contributed by atoms with E-state index in [1.807, 2.05) is 10.9 Å². The van der Waals surface area contributed by atoms with Gasteiger partial charge in [-0.2, -0.15) is 5.10 Å². The van der Waals surface area contributed by atoms with Gasteiger partial charge in [-0.1, -0.05) is 6.92 Å². The topological polar surface area (TPSA) is 48.3 Å². The summed E-state index contributed by atoms with van der Waals surface area (Å²) in [5, 5.41) is 8.11. The summed E-state index contributed by atoms with van der Waals surface area (Å²) < 4.78 is 13.7. The highest BCUT2D eigenvalue weighted by Crippen LogP contribution is 2.41. The van der Waals surface area contributed by atoms with Crippen molar-refractivity contribution in [3.05, 3.63) is 11.9 Å². The molecule has 0 amide bonds. The van der Waals surface area contributed by atoms with Crippen LogP contribution in [0, 0.1) is 5.92 Å². The van der Waals surface area contributed by atoms with E-state index in [0.717, 1.165) is 37.6 Å². The van der Waals surface area contributed by atoms with Gasteiger partial charge in [-0.3, -0.25) is 4.68 Å². The monoisotopic (exact) mass is 295 g/mol. The van der Waals surface area contributed by atoms with Crippen molar-refractivity contribution in [3.8, 4) is 5.75 Å². The Morgan fingerprint density at radius 3 is 2.67 bits per heavy atom. The Morgan fingerprint density at radius 2 is 2.14 bits per heavy atom. The molecule has 0 aliphatic heterocycles. The highest BCUT2D eigenvalue weighted by atomic mass is 16.5. The number of ether oxygens (including phenoxy) is 2. The van der Waals surface area contributed by atoms with Gasteiger partial charge in [0, 0.05) is 13.2 Å². The molecule has 0 bridgehead atoms. The molecule has 0 radical (unpaired) electrons. The summed E-state index contributed by atoms with van der Waals surface area (Å²) in [5.41, 5.74) is 1.12. The van der Waals surface area contributed by atoms with E-state index in [4.69, 9.17) is 9.47 Å². The third-order valence-electron chi connectivity index (χ3n) is 4.05. The fourth-order valence-corrected chi connectivity index (χ4v) is 2.89. The Bertz CT molecular complexity index is 408. The summed E-state index contributed by atoms with van der Waals surface area (Å²) in [7, 11) is 1.71. The van der Waals surface area contributed by atoms with Gasteiger partial charge in [0.25, 0.3) is 0 Å². The predicted molar refractivity (Wildman–Crippen MR) is 83.6 cm³/mol. The van der Waals surface area contributed by atoms with E-state index in [1.165, 1.54) is 12.8 Å². The zero-order valence-electron chi connectivity index (χ0n) is 13.8. The highest BCUT2D eigenvalue weighted by molar-refractivity contribution is 5.30. The summed E-state index contributed by atoms with van der Waals surface area (Å²) >= 11 is 0. The van der Waals surface area contributed by atoms with Crippen molar-refractivity contribution in [1.82, 2.24) is 15.1 Å². The Morgan fingerprint density at radius 1 is 1.38 bits per heavy atom. The van der Waals surface area contributed by atoms with Gasteiger partial charge < -0.3 is 14.8 Å². The highest BCUT2D eigenvalue weighted by Gasteiger charge is 2.40. The fraction of sp³-hybridized carbons (Fsp3) is 0.812. The number of hydrogen-bond acceptors (Lipinski definition) is 4. The van der Waals surface area contributed by atoms with Gasteiger partial charge in [-0.25, -0.2) is 0 Å². The van der Waals surface area contributed by atoms with Crippen molar-refractivity contribution in [2.45, 2.75) is 58.7 Å². The molecule has 5 nitrogen and oxygen atoms in total. The predicted octanol–water partition coefficient (Wildman–Crippen LogP) is 2.77. The number of methoxy groups -OCH3 is 1. The summed E-state index contributed by atoms with van der Waals surface area (Å²) in [5.74, 6) is 1.51. The molecule has 0 spiro atoms. The molecule has 2 unspecified atom stereocenters. The lowest BCUT2D eigenvalue weighted by Gasteiger charge is -2.29. The van der Waals surface area contributed by atoms with Gasteiger partial charge in [0.15, 0.2) is 5.75 Å². The van der Waals surface area contributed by atoms with E-state index in [9.17, 15) is 0 Å². The van der Waals surface area contributed by atoms with E-state index in [1.54, 1.807) is 7.11 Å². The second kappa shape index (κ2) is 7.80. The van der Waals surface area contributed by atoms with Crippen LogP contribution < -0.4 is 10.1 Å². The van der Waals surface area contributed by atoms with Crippen LogP contribution in [0.5, 0.6) is 5.75 Å². The lowest BCUT2D eigenvalue weighted by molar-refractivity contribution is 0.0158. The molecule has 1 saturated carbocycles. The number of aryl methyl sites for hydroxylation is 1. The van der Waals surface area contributed by atoms with Crippen molar-refractivity contribution in [3.63, 3.8) is 0 Å². The van der Waals surface area contributed by atoms with Gasteiger partial charge in [-0.05, 0) is 45.6 Å². The number of rotatable bonds is 10. The van der Waals surface area contributed by atoms with Crippen LogP contribution in [0.3, 0.4) is 0 Å². The van der Waals surface area contributed by atoms with Crippen LogP contribution in [0.1, 0.15) is 51.8 Å². The third kappa shape index (κ3) is 3.77. The van der Waals surface area contributed by atoms with Crippen LogP contribution in [0.25, 0.3) is 0 Å². The SMILES string of the molecule is CCCNC(c1c(OC)cnn1CC)C(OCC)C1CC1. The Balaban J connectivity index is 2.31. The standard InChI is InChI=1S/C16H29N3O2/c1-5-10-17-14(16(21-7-3)12-8-9-12)15-13(20-4)11-18-19(15)6-2/h11-12,14,16-17H,5-10H2,1-4H3. The van der Waals surface area contributed by atoms with Crippen LogP contribution in [0.4, 0.5) is 0 Å². The maximum absolute atomic E-state index is 6.09. The van der Waals surface area contributed by atoms with Crippen LogP contribution in [0.15, 0.2) is 6.20 Å². The lowest BCUT2D eigenvalue weighted by atomic mass is 10.0. The normalized spacial score (nSPS) is 17.7. The van der Waals surface area contributed by atoms with Gasteiger partial charge in [-0.15, -0.1) is 0 Å². The van der Waals surface area contributed by atoms with E-state index in [2.05, 4.69) is 31.2 Å². The molecule has 2 atom stereocenters. The average Bonchev–Trinajstić information content (AvgIpc) is 3.26. The molecule has 1 aromatic rings. The van der Waals surface area contributed by atoms with Crippen LogP contribution in [-0.2, 0) is 11.3 Å². The van der Waals surface area contributed by atoms with Crippen LogP contribution in [-0.4, -0.2) is 36.1 Å². The van der Waals surface area contributed by atoms with E-state index in [0.29, 0.717) is 5.92 Å². The zero-order valence-corrected chi connectivity index (χ0v) is 13.8. The molecule has 1 heterocycles. The summed E-state index contributed by atoms with van der Waals surface area (Å²) in [6.45, 7) is 8.92. The van der Waals surface area contributed by atoms with Gasteiger partial charge in [0.05, 0.1) is 31.1 Å². The second-order valence-corrected chi connectivity index (χ2v) is 5.60. The summed E-state index contributed by atoms with van der Waals surface area (Å²) in [6, 6.07) is 0.148. The molecular formula is C16H29N3O2. The first-order valence-electron chi connectivity index (χ1n) is 8.21. The zero-order chi connectivity index (χ0) is 15.2. The van der Waals surface area contributed by atoms with E-state index >= 15 is 0 Å². The first kappa shape index (κ1) is 16.3. The molecule has 0 saturated heterocycles. The average molecular weight is 295 g/mol. The van der Waals surface area contributed by atoms with Crippen molar-refractivity contribution >= 4 is 0 Å². The maximum atomic E-state index is 6.09. The third-order valence-corrected chi connectivity index (χ3v) is 4.05. The molecule has 1 fully saturated rings. The molecule has 2 rings (SSSR count). The molecule has 21 heavy (non-hydrogen) atoms. The fourth-order valence-electron chi connectivity index (χ4n) is 2.89. The van der Waals surface area contributed by atoms with Crippen molar-refractivity contribution in [2.75, 3.05) is 20.3 Å². The Kier molecular flexibility index (Phi) is 6.06. The molecule has 1 aromatic heterocycles. The van der Waals surface area contributed by atoms with Crippen LogP contribution in [0.2, 0.25) is 0 Å². The number of nitrogens with zero attached hydrogens (tertiary/aromatic N) is 2. The van der Waals surface area contributed by atoms with Crippen LogP contribution >= 0.6 is 0 Å². The quantitative estimate of drug-likeness (QED) is 0.721. The smallest absolute Gasteiger partial charge is 0.161 e. The minimum absolute atomic E-state index is 0.148. The molecule has 1 aliphatic rings. The number of nitrogens with one attached hydrogen (secondary N) is 1. The summed E-state index contributed by atoms with van der Waals surface area (Å²) in [4.78, 5) is 0. The minimum atomic E-state index is 0.148. The van der Waals surface area contributed by atoms with Crippen molar-refractivity contribution in [1.29, 1.82) is 0 Å². The molecule has 120 valence electrons. The van der Waals surface area contributed by atoms with Gasteiger partial charge in [0.2, 0.25) is 0 Å². The molecule has 1 N–H and O–H groups in total. The summed E-state index contributed by atoms with van der Waals surface area (Å²) in [6.07, 6.45) is 5.64. The lowest BCUT2D eigenvalue weighted by Crippen LogP contribution is -2.37. The number of hydrogen-bond donors (Lipinski definition) is 1. The molecular weight excluding hydrogens is 266 g/mol. The first-order valence-corrected chi connectivity index (χ1v) is 8.21. The molecule has 5 heteroatoms. The Hall–Kier alpha value is -1.07. The maximum Gasteiger partial charge on any atom is 0.161 e. The number of aromatic nitrogens is 2. The minimum Gasteiger partial charge on any atom is -0.493 e.